The minimum Gasteiger partial charge on any atom is -0.295 e. The summed E-state index contributed by atoms with van der Waals surface area (Å²) in [5, 5.41) is 3.72. The fraction of sp³-hybridized carbons (Fsp3) is 0.471. The van der Waals surface area contributed by atoms with Crippen molar-refractivity contribution in [3.05, 3.63) is 51.9 Å². The van der Waals surface area contributed by atoms with E-state index in [1.807, 2.05) is 24.3 Å². The van der Waals surface area contributed by atoms with Gasteiger partial charge in [-0.2, -0.15) is 0 Å². The van der Waals surface area contributed by atoms with Gasteiger partial charge >= 0.3 is 0 Å². The second-order valence-corrected chi connectivity index (χ2v) is 5.61. The molecule has 0 N–H and O–H groups in total. The van der Waals surface area contributed by atoms with Crippen molar-refractivity contribution in [2.75, 3.05) is 6.54 Å². The van der Waals surface area contributed by atoms with Gasteiger partial charge in [-0.05, 0) is 42.4 Å². The predicted octanol–water partition coefficient (Wildman–Crippen LogP) is 5.16. The highest BCUT2D eigenvalue weighted by Gasteiger charge is 2.12. The van der Waals surface area contributed by atoms with Crippen molar-refractivity contribution in [3.63, 3.8) is 0 Å². The summed E-state index contributed by atoms with van der Waals surface area (Å²) in [6.45, 7) is 1.93. The molecule has 4 nitrogen and oxygen atoms in total. The van der Waals surface area contributed by atoms with Gasteiger partial charge in [0, 0.05) is 10.5 Å². The van der Waals surface area contributed by atoms with Gasteiger partial charge in [0.15, 0.2) is 5.78 Å². The van der Waals surface area contributed by atoms with E-state index in [1.54, 1.807) is 6.92 Å². The van der Waals surface area contributed by atoms with E-state index in [2.05, 4.69) is 16.1 Å². The van der Waals surface area contributed by atoms with Crippen molar-refractivity contribution in [2.24, 2.45) is 11.0 Å². The Balaban J connectivity index is 2.23. The van der Waals surface area contributed by atoms with Crippen LogP contribution in [0.3, 0.4) is 0 Å². The zero-order chi connectivity index (χ0) is 15.1. The molecule has 0 aromatic heterocycles. The Morgan fingerprint density at radius 1 is 1.24 bits per heavy atom. The lowest BCUT2D eigenvalue weighted by atomic mass is 9.87. The molecule has 0 heterocycles. The number of azide groups is 1. The van der Waals surface area contributed by atoms with E-state index in [0.717, 1.165) is 11.1 Å². The summed E-state index contributed by atoms with van der Waals surface area (Å²) in [5.41, 5.74) is 11.4. The highest BCUT2D eigenvalue weighted by atomic mass is 16.1. The topological polar surface area (TPSA) is 65.8 Å². The molecule has 2 rings (SSSR count). The molecule has 0 radical (unpaired) electrons. The highest BCUT2D eigenvalue weighted by Crippen LogP contribution is 2.28. The van der Waals surface area contributed by atoms with Crippen LogP contribution in [0.1, 0.15) is 54.9 Å². The number of carbonyl (C=O) groups is 1. The Kier molecular flexibility index (Phi) is 5.59. The average Bonchev–Trinajstić information content (AvgIpc) is 2.52. The van der Waals surface area contributed by atoms with Crippen LogP contribution in [0.15, 0.2) is 35.5 Å². The molecular formula is C17H21N3O. The largest absolute Gasteiger partial charge is 0.295 e. The Labute approximate surface area is 125 Å². The summed E-state index contributed by atoms with van der Waals surface area (Å²) in [7, 11) is 0. The number of benzene rings is 1. The van der Waals surface area contributed by atoms with E-state index in [0.29, 0.717) is 18.0 Å². The van der Waals surface area contributed by atoms with Crippen molar-refractivity contribution in [2.45, 2.75) is 39.0 Å². The first-order chi connectivity index (χ1) is 10.2. The maximum atomic E-state index is 11.3. The van der Waals surface area contributed by atoms with Crippen molar-refractivity contribution in [1.82, 2.24) is 0 Å². The molecule has 0 aliphatic heterocycles. The van der Waals surface area contributed by atoms with Crippen LogP contribution in [-0.2, 0) is 0 Å². The number of nitrogens with zero attached hydrogens (tertiary/aromatic N) is 3. The van der Waals surface area contributed by atoms with E-state index < -0.39 is 0 Å². The number of rotatable bonds is 5. The van der Waals surface area contributed by atoms with Crippen molar-refractivity contribution in [1.29, 1.82) is 0 Å². The van der Waals surface area contributed by atoms with Crippen molar-refractivity contribution < 1.29 is 4.79 Å². The summed E-state index contributed by atoms with van der Waals surface area (Å²) < 4.78 is 0. The zero-order valence-corrected chi connectivity index (χ0v) is 12.5. The molecule has 0 spiro atoms. The van der Waals surface area contributed by atoms with Crippen LogP contribution in [0.2, 0.25) is 0 Å². The fourth-order valence-corrected chi connectivity index (χ4v) is 2.85. The van der Waals surface area contributed by atoms with E-state index in [4.69, 9.17) is 5.53 Å². The summed E-state index contributed by atoms with van der Waals surface area (Å²) in [6.07, 6.45) is 8.56. The molecule has 0 saturated heterocycles. The average molecular weight is 283 g/mol. The SMILES string of the molecule is CC(=O)c1ccc(/C(=C/C2CCCCC2)CN=[N+]=[N-])cc1. The van der Waals surface area contributed by atoms with Gasteiger partial charge in [0.1, 0.15) is 0 Å². The molecule has 1 aromatic rings. The minimum absolute atomic E-state index is 0.0643. The summed E-state index contributed by atoms with van der Waals surface area (Å²) >= 11 is 0. The fourth-order valence-electron chi connectivity index (χ4n) is 2.85. The third kappa shape index (κ3) is 4.47. The molecule has 4 heteroatoms. The molecule has 0 unspecified atom stereocenters. The van der Waals surface area contributed by atoms with Gasteiger partial charge < -0.3 is 0 Å². The maximum Gasteiger partial charge on any atom is 0.159 e. The van der Waals surface area contributed by atoms with E-state index >= 15 is 0 Å². The summed E-state index contributed by atoms with van der Waals surface area (Å²) in [4.78, 5) is 14.2. The monoisotopic (exact) mass is 283 g/mol. The van der Waals surface area contributed by atoms with Crippen LogP contribution in [0, 0.1) is 5.92 Å². The van der Waals surface area contributed by atoms with E-state index in [9.17, 15) is 4.79 Å². The lowest BCUT2D eigenvalue weighted by Gasteiger charge is -2.19. The second-order valence-electron chi connectivity index (χ2n) is 5.61. The Hall–Kier alpha value is -2.06. The van der Waals surface area contributed by atoms with Gasteiger partial charge in [0.25, 0.3) is 0 Å². The molecule has 0 atom stereocenters. The number of ketones is 1. The van der Waals surface area contributed by atoms with Gasteiger partial charge in [0.2, 0.25) is 0 Å². The summed E-state index contributed by atoms with van der Waals surface area (Å²) in [6, 6.07) is 7.56. The smallest absolute Gasteiger partial charge is 0.159 e. The molecular weight excluding hydrogens is 262 g/mol. The third-order valence-electron chi connectivity index (χ3n) is 4.05. The van der Waals surface area contributed by atoms with Crippen molar-refractivity contribution >= 4 is 11.4 Å². The standard InChI is InChI=1S/C17H21N3O/c1-13(21)15-7-9-16(10-8-15)17(12-19-20-18)11-14-5-3-2-4-6-14/h7-11,14H,2-6,12H2,1H3/b17-11+. The van der Waals surface area contributed by atoms with Crippen LogP contribution >= 0.6 is 0 Å². The number of hydrogen-bond donors (Lipinski definition) is 0. The molecule has 0 amide bonds. The number of hydrogen-bond acceptors (Lipinski definition) is 2. The van der Waals surface area contributed by atoms with Crippen LogP contribution in [0.25, 0.3) is 16.0 Å². The van der Waals surface area contributed by atoms with E-state index in [1.165, 1.54) is 32.1 Å². The molecule has 1 aliphatic rings. The minimum atomic E-state index is 0.0643. The molecule has 0 bridgehead atoms. The van der Waals surface area contributed by atoms with Gasteiger partial charge in [-0.1, -0.05) is 54.7 Å². The third-order valence-corrected chi connectivity index (χ3v) is 4.05. The van der Waals surface area contributed by atoms with Gasteiger partial charge in [0.05, 0.1) is 6.54 Å². The molecule has 1 fully saturated rings. The Morgan fingerprint density at radius 2 is 1.86 bits per heavy atom. The van der Waals surface area contributed by atoms with Crippen molar-refractivity contribution in [3.8, 4) is 0 Å². The van der Waals surface area contributed by atoms with E-state index in [-0.39, 0.29) is 5.78 Å². The Morgan fingerprint density at radius 3 is 2.43 bits per heavy atom. The van der Waals surface area contributed by atoms with Crippen LogP contribution in [0.4, 0.5) is 0 Å². The first-order valence-electron chi connectivity index (χ1n) is 7.53. The van der Waals surface area contributed by atoms with Gasteiger partial charge in [-0.3, -0.25) is 4.79 Å². The normalized spacial score (nSPS) is 16.3. The van der Waals surface area contributed by atoms with Crippen LogP contribution < -0.4 is 0 Å². The molecule has 21 heavy (non-hydrogen) atoms. The molecule has 1 saturated carbocycles. The molecule has 110 valence electrons. The predicted molar refractivity (Wildman–Crippen MR) is 85.0 cm³/mol. The summed E-state index contributed by atoms with van der Waals surface area (Å²) in [5.74, 6) is 0.643. The van der Waals surface area contributed by atoms with Crippen LogP contribution in [0.5, 0.6) is 0 Å². The van der Waals surface area contributed by atoms with Gasteiger partial charge in [-0.25, -0.2) is 0 Å². The zero-order valence-electron chi connectivity index (χ0n) is 12.5. The quantitative estimate of drug-likeness (QED) is 0.318. The Bertz CT molecular complexity index is 562. The lowest BCUT2D eigenvalue weighted by molar-refractivity contribution is 0.101. The first-order valence-corrected chi connectivity index (χ1v) is 7.53. The highest BCUT2D eigenvalue weighted by molar-refractivity contribution is 5.94. The first kappa shape index (κ1) is 15.3. The van der Waals surface area contributed by atoms with Crippen LogP contribution in [-0.4, -0.2) is 12.3 Å². The second kappa shape index (κ2) is 7.65. The number of carbonyl (C=O) groups excluding carboxylic acids is 1. The number of Topliss-reactive ketones (excluding diaryl/α,β-unsaturated/α-hetero) is 1. The van der Waals surface area contributed by atoms with Gasteiger partial charge in [-0.15, -0.1) is 0 Å². The molecule has 1 aliphatic carbocycles. The maximum absolute atomic E-state index is 11.3. The molecule has 1 aromatic carbocycles. The lowest BCUT2D eigenvalue weighted by Crippen LogP contribution is -2.05. The number of allylic oxidation sites excluding steroid dienone is 1.